The van der Waals surface area contributed by atoms with E-state index in [-0.39, 0.29) is 0 Å². The normalized spacial score (nSPS) is 18.1. The van der Waals surface area contributed by atoms with Crippen molar-refractivity contribution in [3.63, 3.8) is 0 Å². The first-order chi connectivity index (χ1) is 26.7. The second-order valence-corrected chi connectivity index (χ2v) is 66.6. The van der Waals surface area contributed by atoms with Crippen LogP contribution < -0.4 is 3.27 Å². The van der Waals surface area contributed by atoms with Crippen LogP contribution in [0.1, 0.15) is 69.0 Å². The molecule has 0 spiro atoms. The molecule has 9 rings (SSSR count). The Morgan fingerprint density at radius 2 is 0.855 bits per heavy atom. The van der Waals surface area contributed by atoms with Crippen molar-refractivity contribution >= 4 is 43.8 Å². The molecular weight excluding hydrogens is 756 g/mol. The van der Waals surface area contributed by atoms with E-state index in [1.54, 1.807) is 3.27 Å². The molecule has 0 nitrogen and oxygen atoms in total. The Balaban J connectivity index is 1.38. The van der Waals surface area contributed by atoms with Gasteiger partial charge in [0.1, 0.15) is 0 Å². The van der Waals surface area contributed by atoms with Crippen molar-refractivity contribution < 1.29 is 14.4 Å². The summed E-state index contributed by atoms with van der Waals surface area (Å²) in [5, 5.41) is 5.24. The van der Waals surface area contributed by atoms with Crippen LogP contribution in [0.2, 0.25) is 12.9 Å². The van der Waals surface area contributed by atoms with Crippen molar-refractivity contribution in [3.8, 4) is 22.3 Å². The number of fused-ring (bicyclic) bond motifs is 4. The Morgan fingerprint density at radius 1 is 0.455 bits per heavy atom. The Kier molecular flexibility index (Phi) is 8.30. The Morgan fingerprint density at radius 3 is 1.33 bits per heavy atom. The molecule has 2 heteroatoms. The predicted octanol–water partition coefficient (Wildman–Crippen LogP) is 14.3. The Labute approximate surface area is 324 Å². The maximum absolute atomic E-state index is 5.64. The summed E-state index contributed by atoms with van der Waals surface area (Å²) in [5.74, 6) is 0. The van der Waals surface area contributed by atoms with Crippen molar-refractivity contribution in [2.45, 2.75) is 59.7 Å². The van der Waals surface area contributed by atoms with E-state index in [0.29, 0.717) is 7.25 Å². The number of rotatable bonds is 11. The van der Waals surface area contributed by atoms with Gasteiger partial charge < -0.3 is 0 Å². The SMILES string of the molecule is CCC[CH2][Zr]([CH3])(=[SiH2])([CH2]CCC)([c]1ccccc1)([CH]1C=Cc2c(-c3cccc4ccccc34)cccc21)[CH]1C=Cc2c(-c3cccc4ccccc34)cccc21. The zero-order valence-corrected chi connectivity index (χ0v) is 36.7. The van der Waals surface area contributed by atoms with Gasteiger partial charge in [0.15, 0.2) is 0 Å². The third kappa shape index (κ3) is 4.90. The summed E-state index contributed by atoms with van der Waals surface area (Å²) in [4.78, 5) is 0. The van der Waals surface area contributed by atoms with Crippen molar-refractivity contribution in [1.29, 1.82) is 0 Å². The minimum atomic E-state index is -5.64. The second kappa shape index (κ2) is 12.6. The van der Waals surface area contributed by atoms with E-state index in [2.05, 4.69) is 201 Å². The summed E-state index contributed by atoms with van der Waals surface area (Å²) in [6, 6.07) is 58.1. The van der Waals surface area contributed by atoms with Crippen LogP contribution in [-0.4, -0.2) is 6.88 Å². The Bertz CT molecular complexity index is 2660. The van der Waals surface area contributed by atoms with Gasteiger partial charge in [0.2, 0.25) is 0 Å². The molecule has 0 aromatic heterocycles. The van der Waals surface area contributed by atoms with Gasteiger partial charge in [-0.2, -0.15) is 0 Å². The van der Waals surface area contributed by atoms with Gasteiger partial charge in [-0.25, -0.2) is 0 Å². The summed E-state index contributed by atoms with van der Waals surface area (Å²) in [5.41, 5.74) is 11.3. The van der Waals surface area contributed by atoms with Crippen molar-refractivity contribution in [3.05, 3.63) is 186 Å². The van der Waals surface area contributed by atoms with E-state index in [9.17, 15) is 0 Å². The van der Waals surface area contributed by atoms with Gasteiger partial charge in [0.25, 0.3) is 0 Å². The van der Waals surface area contributed by atoms with Crippen molar-refractivity contribution in [2.75, 3.05) is 0 Å². The van der Waals surface area contributed by atoms with E-state index in [1.807, 2.05) is 0 Å². The van der Waals surface area contributed by atoms with Crippen LogP contribution >= 0.6 is 0 Å². The Hall–Kier alpha value is -4.36. The predicted molar refractivity (Wildman–Crippen MR) is 242 cm³/mol. The summed E-state index contributed by atoms with van der Waals surface area (Å²) < 4.78 is 7.70. The molecule has 2 aliphatic carbocycles. The number of allylic oxidation sites excluding steroid dienone is 2. The number of unbranched alkanes of at least 4 members (excludes halogenated alkanes) is 2. The van der Waals surface area contributed by atoms with Gasteiger partial charge >= 0.3 is 326 Å². The molecule has 0 aliphatic heterocycles. The molecule has 0 saturated carbocycles. The number of hydrogen-bond acceptors (Lipinski definition) is 0. The zero-order chi connectivity index (χ0) is 37.8. The summed E-state index contributed by atoms with van der Waals surface area (Å²) in [7, 11) is 0. The molecular formula is C53H54SiZr. The van der Waals surface area contributed by atoms with E-state index < -0.39 is 14.4 Å². The summed E-state index contributed by atoms with van der Waals surface area (Å²) in [6.45, 7) is 7.42. The molecule has 0 heterocycles. The third-order valence-electron chi connectivity index (χ3n) is 15.7. The number of benzene rings is 7. The minimum absolute atomic E-state index is 0.294. The fraction of sp³-hybridized carbons (Fsp3) is 0.208. The third-order valence-corrected chi connectivity index (χ3v) is 61.5. The van der Waals surface area contributed by atoms with Crippen molar-refractivity contribution in [1.82, 2.24) is 0 Å². The zero-order valence-electron chi connectivity index (χ0n) is 32.8. The topological polar surface area (TPSA) is 0 Å². The van der Waals surface area contributed by atoms with E-state index in [4.69, 9.17) is 0 Å². The molecule has 7 aromatic rings. The number of hydrogen-bond donors (Lipinski definition) is 0. The molecule has 0 saturated heterocycles. The first-order valence-electron chi connectivity index (χ1n) is 20.8. The molecule has 274 valence electrons. The quantitative estimate of drug-likeness (QED) is 0.114. The summed E-state index contributed by atoms with van der Waals surface area (Å²) >= 11 is -5.64. The van der Waals surface area contributed by atoms with Crippen LogP contribution in [0.4, 0.5) is 0 Å². The monoisotopic (exact) mass is 808 g/mol. The maximum atomic E-state index is 2.97. The van der Waals surface area contributed by atoms with Crippen LogP contribution in [0, 0.1) is 0 Å². The van der Waals surface area contributed by atoms with Gasteiger partial charge in [0.05, 0.1) is 0 Å². The average molecular weight is 810 g/mol. The fourth-order valence-electron chi connectivity index (χ4n) is 12.7. The van der Waals surface area contributed by atoms with Crippen LogP contribution in [0.5, 0.6) is 0 Å². The van der Waals surface area contributed by atoms with E-state index >= 15 is 0 Å². The van der Waals surface area contributed by atoms with E-state index in [0.717, 1.165) is 0 Å². The molecule has 7 aromatic carbocycles. The van der Waals surface area contributed by atoms with Crippen molar-refractivity contribution in [2.24, 2.45) is 0 Å². The molecule has 0 radical (unpaired) electrons. The van der Waals surface area contributed by atoms with Crippen LogP contribution in [0.25, 0.3) is 56.0 Å². The molecule has 2 unspecified atom stereocenters. The molecule has 0 N–H and O–H groups in total. The first-order valence-corrected chi connectivity index (χ1v) is 36.8. The van der Waals surface area contributed by atoms with Gasteiger partial charge in [0, 0.05) is 0 Å². The fourth-order valence-corrected chi connectivity index (χ4v) is 54.0. The molecule has 2 aliphatic rings. The molecule has 55 heavy (non-hydrogen) atoms. The van der Waals surface area contributed by atoms with Crippen LogP contribution in [0.3, 0.4) is 0 Å². The first kappa shape index (κ1) is 36.3. The van der Waals surface area contributed by atoms with E-state index in [1.165, 1.54) is 100.0 Å². The molecule has 0 bridgehead atoms. The molecule has 0 amide bonds. The van der Waals surface area contributed by atoms with Gasteiger partial charge in [-0.05, 0) is 0 Å². The second-order valence-electron chi connectivity index (χ2n) is 18.8. The average Bonchev–Trinajstić information content (AvgIpc) is 3.91. The van der Waals surface area contributed by atoms with Gasteiger partial charge in [-0.15, -0.1) is 0 Å². The van der Waals surface area contributed by atoms with Gasteiger partial charge in [-0.1, -0.05) is 0 Å². The van der Waals surface area contributed by atoms with Crippen LogP contribution in [-0.2, 0) is 14.4 Å². The standard InChI is InChI=1S/2C19H13.C6H5.2C4H9.CH3.H2Si.Zr/c2*1-2-10-16-14(6-1)8-4-12-18(16)19-13-5-9-15-7-3-11-17(15)19;1-2-4-6-5-3-1;2*1-3-4-2;;;/h2*1-13H;1-5H;2*1,3-4H2,2H3;1H3;1H2;. The van der Waals surface area contributed by atoms with Crippen LogP contribution in [0.15, 0.2) is 164 Å². The molecule has 2 atom stereocenters. The van der Waals surface area contributed by atoms with Gasteiger partial charge in [-0.3, -0.25) is 0 Å². The molecule has 0 fully saturated rings. The summed E-state index contributed by atoms with van der Waals surface area (Å²) in [6.07, 6.45) is 15.3.